The standard InChI is InChI=1S/C6H5NO5S.C2H6/c1-12-6(9)5-3(8)2-4(13-5)7(10)11;1-2/h2,8H,1H3;1-2H3. The van der Waals surface area contributed by atoms with Gasteiger partial charge in [0, 0.05) is 0 Å². The summed E-state index contributed by atoms with van der Waals surface area (Å²) in [6.45, 7) is 4.00. The number of hydrogen-bond acceptors (Lipinski definition) is 6. The zero-order chi connectivity index (χ0) is 12.0. The van der Waals surface area contributed by atoms with Crippen LogP contribution in [0, 0.1) is 10.1 Å². The molecule has 1 aromatic rings. The molecule has 0 saturated carbocycles. The van der Waals surface area contributed by atoms with E-state index in [4.69, 9.17) is 5.11 Å². The molecular formula is C8H11NO5S. The average molecular weight is 233 g/mol. The molecule has 84 valence electrons. The first kappa shape index (κ1) is 13.4. The highest BCUT2D eigenvalue weighted by molar-refractivity contribution is 7.17. The maximum atomic E-state index is 10.9. The van der Waals surface area contributed by atoms with Gasteiger partial charge in [-0.1, -0.05) is 25.2 Å². The molecule has 0 atom stereocenters. The molecule has 0 amide bonds. The number of hydrogen-bond donors (Lipinski definition) is 1. The van der Waals surface area contributed by atoms with E-state index in [1.165, 1.54) is 0 Å². The largest absolute Gasteiger partial charge is 0.506 e. The highest BCUT2D eigenvalue weighted by Crippen LogP contribution is 2.33. The van der Waals surface area contributed by atoms with Crippen LogP contribution in [0.25, 0.3) is 0 Å². The third-order valence-corrected chi connectivity index (χ3v) is 2.31. The highest BCUT2D eigenvalue weighted by Gasteiger charge is 2.21. The smallest absolute Gasteiger partial charge is 0.352 e. The molecule has 0 fully saturated rings. The first-order chi connectivity index (χ1) is 7.06. The van der Waals surface area contributed by atoms with Gasteiger partial charge in [-0.15, -0.1) is 0 Å². The number of thiophene rings is 1. The minimum atomic E-state index is -0.782. The fraction of sp³-hybridized carbons (Fsp3) is 0.375. The van der Waals surface area contributed by atoms with Gasteiger partial charge in [0.2, 0.25) is 0 Å². The Labute approximate surface area is 90.3 Å². The molecule has 0 unspecified atom stereocenters. The molecule has 0 saturated heterocycles. The number of aromatic hydroxyl groups is 1. The first-order valence-corrected chi connectivity index (χ1v) is 4.93. The number of esters is 1. The van der Waals surface area contributed by atoms with Gasteiger partial charge in [-0.2, -0.15) is 0 Å². The molecule has 1 N–H and O–H groups in total. The van der Waals surface area contributed by atoms with E-state index in [1.807, 2.05) is 13.8 Å². The molecule has 1 aromatic heterocycles. The van der Waals surface area contributed by atoms with Crippen LogP contribution in [0.2, 0.25) is 0 Å². The zero-order valence-corrected chi connectivity index (χ0v) is 9.33. The van der Waals surface area contributed by atoms with E-state index < -0.39 is 16.6 Å². The molecule has 0 aliphatic rings. The average Bonchev–Trinajstić information content (AvgIpc) is 2.62. The number of carbonyl (C=O) groups excluding carboxylic acids is 1. The van der Waals surface area contributed by atoms with Crippen LogP contribution in [0.3, 0.4) is 0 Å². The second kappa shape index (κ2) is 5.97. The minimum Gasteiger partial charge on any atom is -0.506 e. The zero-order valence-electron chi connectivity index (χ0n) is 8.51. The van der Waals surface area contributed by atoms with E-state index in [-0.39, 0.29) is 9.88 Å². The van der Waals surface area contributed by atoms with E-state index in [9.17, 15) is 14.9 Å². The third kappa shape index (κ3) is 3.21. The third-order valence-electron chi connectivity index (χ3n) is 1.25. The van der Waals surface area contributed by atoms with Gasteiger partial charge in [-0.3, -0.25) is 10.1 Å². The molecule has 0 bridgehead atoms. The summed E-state index contributed by atoms with van der Waals surface area (Å²) in [7, 11) is 1.13. The number of nitrogens with zero attached hydrogens (tertiary/aromatic N) is 1. The Morgan fingerprint density at radius 2 is 2.13 bits per heavy atom. The van der Waals surface area contributed by atoms with Crippen molar-refractivity contribution in [2.75, 3.05) is 7.11 Å². The minimum absolute atomic E-state index is 0.158. The number of carbonyl (C=O) groups is 1. The van der Waals surface area contributed by atoms with Gasteiger partial charge in [0.25, 0.3) is 0 Å². The molecule has 1 heterocycles. The van der Waals surface area contributed by atoms with E-state index in [2.05, 4.69) is 4.74 Å². The molecule has 0 spiro atoms. The summed E-state index contributed by atoms with van der Waals surface area (Å²) in [6, 6.07) is 0.914. The van der Waals surface area contributed by atoms with Gasteiger partial charge in [0.05, 0.1) is 18.1 Å². The Morgan fingerprint density at radius 3 is 2.47 bits per heavy atom. The topological polar surface area (TPSA) is 89.7 Å². The van der Waals surface area contributed by atoms with Crippen molar-refractivity contribution in [2.24, 2.45) is 0 Å². The van der Waals surface area contributed by atoms with Crippen molar-refractivity contribution in [1.29, 1.82) is 0 Å². The predicted molar refractivity (Wildman–Crippen MR) is 55.3 cm³/mol. The summed E-state index contributed by atoms with van der Waals surface area (Å²) < 4.78 is 4.30. The SMILES string of the molecule is CC.COC(=O)c1sc([N+](=O)[O-])cc1O. The lowest BCUT2D eigenvalue weighted by Crippen LogP contribution is -1.97. The van der Waals surface area contributed by atoms with Crippen LogP contribution < -0.4 is 0 Å². The summed E-state index contributed by atoms with van der Waals surface area (Å²) in [4.78, 5) is 20.3. The monoisotopic (exact) mass is 233 g/mol. The van der Waals surface area contributed by atoms with E-state index in [1.54, 1.807) is 0 Å². The van der Waals surface area contributed by atoms with Gasteiger partial charge >= 0.3 is 11.0 Å². The van der Waals surface area contributed by atoms with Gasteiger partial charge < -0.3 is 9.84 Å². The van der Waals surface area contributed by atoms with Gasteiger partial charge in [-0.05, 0) is 0 Å². The van der Waals surface area contributed by atoms with E-state index >= 15 is 0 Å². The van der Waals surface area contributed by atoms with Gasteiger partial charge in [0.1, 0.15) is 5.75 Å². The lowest BCUT2D eigenvalue weighted by Gasteiger charge is -1.92. The predicted octanol–water partition coefficient (Wildman–Crippen LogP) is 2.17. The van der Waals surface area contributed by atoms with Crippen molar-refractivity contribution in [1.82, 2.24) is 0 Å². The van der Waals surface area contributed by atoms with Crippen LogP contribution in [0.1, 0.15) is 23.5 Å². The summed E-state index contributed by atoms with van der Waals surface area (Å²) in [6.07, 6.45) is 0. The number of methoxy groups -OCH3 is 1. The summed E-state index contributed by atoms with van der Waals surface area (Å²) >= 11 is 0.577. The van der Waals surface area contributed by atoms with Crippen LogP contribution >= 0.6 is 11.3 Å². The van der Waals surface area contributed by atoms with E-state index in [0.717, 1.165) is 13.2 Å². The molecule has 0 aliphatic carbocycles. The van der Waals surface area contributed by atoms with Crippen LogP contribution in [0.5, 0.6) is 5.75 Å². The molecule has 1 rings (SSSR count). The maximum Gasteiger partial charge on any atom is 0.352 e. The molecule has 0 radical (unpaired) electrons. The lowest BCUT2D eigenvalue weighted by atomic mass is 10.4. The maximum absolute atomic E-state index is 10.9. The van der Waals surface area contributed by atoms with Gasteiger partial charge in [0.15, 0.2) is 4.88 Å². The van der Waals surface area contributed by atoms with E-state index in [0.29, 0.717) is 11.3 Å². The fourth-order valence-corrected chi connectivity index (χ4v) is 1.48. The lowest BCUT2D eigenvalue weighted by molar-refractivity contribution is -0.380. The molecule has 0 aromatic carbocycles. The van der Waals surface area contributed by atoms with Crippen molar-refractivity contribution < 1.29 is 19.6 Å². The second-order valence-corrected chi connectivity index (χ2v) is 3.08. The summed E-state index contributed by atoms with van der Waals surface area (Å²) in [5.74, 6) is -1.21. The molecule has 6 nitrogen and oxygen atoms in total. The van der Waals surface area contributed by atoms with Crippen LogP contribution in [0.15, 0.2) is 6.07 Å². The molecular weight excluding hydrogens is 222 g/mol. The Balaban J connectivity index is 0.000000921. The number of rotatable bonds is 2. The van der Waals surface area contributed by atoms with Crippen LogP contribution in [-0.2, 0) is 4.74 Å². The Bertz CT molecular complexity index is 360. The van der Waals surface area contributed by atoms with Gasteiger partial charge in [-0.25, -0.2) is 4.79 Å². The molecule has 7 heteroatoms. The second-order valence-electron chi connectivity index (χ2n) is 2.05. The number of nitro groups is 1. The Hall–Kier alpha value is -1.63. The Morgan fingerprint density at radius 1 is 1.60 bits per heavy atom. The number of ether oxygens (including phenoxy) is 1. The van der Waals surface area contributed by atoms with Crippen molar-refractivity contribution >= 4 is 22.3 Å². The fourth-order valence-electron chi connectivity index (χ4n) is 0.698. The van der Waals surface area contributed by atoms with Crippen LogP contribution in [-0.4, -0.2) is 23.1 Å². The quantitative estimate of drug-likeness (QED) is 0.480. The summed E-state index contributed by atoms with van der Waals surface area (Å²) in [5, 5.41) is 19.0. The van der Waals surface area contributed by atoms with Crippen molar-refractivity contribution in [3.63, 3.8) is 0 Å². The highest BCUT2D eigenvalue weighted by atomic mass is 32.1. The van der Waals surface area contributed by atoms with Crippen molar-refractivity contribution in [3.8, 4) is 5.75 Å². The Kier molecular flexibility index (Phi) is 5.32. The van der Waals surface area contributed by atoms with Crippen molar-refractivity contribution in [2.45, 2.75) is 13.8 Å². The molecule has 15 heavy (non-hydrogen) atoms. The first-order valence-electron chi connectivity index (χ1n) is 4.11. The molecule has 0 aliphatic heterocycles. The van der Waals surface area contributed by atoms with Crippen molar-refractivity contribution in [3.05, 3.63) is 21.1 Å². The van der Waals surface area contributed by atoms with Crippen LogP contribution in [0.4, 0.5) is 5.00 Å². The normalized spacial score (nSPS) is 8.73. The summed E-state index contributed by atoms with van der Waals surface area (Å²) in [5.41, 5.74) is 0.